The summed E-state index contributed by atoms with van der Waals surface area (Å²) in [5, 5.41) is 0.400. The molecule has 0 aliphatic heterocycles. The van der Waals surface area contributed by atoms with Crippen LogP contribution in [0.4, 0.5) is 0 Å². The van der Waals surface area contributed by atoms with Crippen LogP contribution in [0.5, 0.6) is 0 Å². The van der Waals surface area contributed by atoms with Crippen LogP contribution in [-0.2, 0) is 0 Å². The number of carbonyl (C=O) groups excluding carboxylic acids is 1. The molecule has 1 aromatic carbocycles. The lowest BCUT2D eigenvalue weighted by Crippen LogP contribution is -1.98. The molecule has 0 aliphatic rings. The second kappa shape index (κ2) is 7.04. The van der Waals surface area contributed by atoms with E-state index in [0.717, 1.165) is 5.56 Å². The average Bonchev–Trinajstić information content (AvgIpc) is 2.21. The van der Waals surface area contributed by atoms with Crippen LogP contribution in [0.15, 0.2) is 30.3 Å². The van der Waals surface area contributed by atoms with E-state index >= 15 is 0 Å². The number of hydrogen-bond donors (Lipinski definition) is 0. The number of benzene rings is 1. The molecule has 0 aromatic heterocycles. The standard InChI is InChI=1S/C8H7BrO.C2H6/c9-6-8(10)7-4-2-1-3-5-7;1-2/h1-5H,6H2;1-2H3. The maximum Gasteiger partial charge on any atom is 0.173 e. The highest BCUT2D eigenvalue weighted by Crippen LogP contribution is 2.01. The molecule has 0 aliphatic carbocycles. The Hall–Kier alpha value is -0.630. The van der Waals surface area contributed by atoms with Crippen LogP contribution in [0.25, 0.3) is 0 Å². The number of Topliss-reactive ketones (excluding diaryl/α,β-unsaturated/α-hetero) is 1. The van der Waals surface area contributed by atoms with Gasteiger partial charge in [0.25, 0.3) is 0 Å². The fraction of sp³-hybridized carbons (Fsp3) is 0.300. The fourth-order valence-corrected chi connectivity index (χ4v) is 1.02. The molecule has 66 valence electrons. The number of halogens is 1. The lowest BCUT2D eigenvalue weighted by Gasteiger charge is -1.92. The van der Waals surface area contributed by atoms with Gasteiger partial charge in [0.15, 0.2) is 5.78 Å². The summed E-state index contributed by atoms with van der Waals surface area (Å²) in [5.41, 5.74) is 0.763. The van der Waals surface area contributed by atoms with Crippen molar-refractivity contribution in [3.63, 3.8) is 0 Å². The third kappa shape index (κ3) is 3.67. The summed E-state index contributed by atoms with van der Waals surface area (Å²) in [6, 6.07) is 9.23. The molecule has 0 N–H and O–H groups in total. The van der Waals surface area contributed by atoms with Crippen molar-refractivity contribution in [3.05, 3.63) is 35.9 Å². The Labute approximate surface area is 81.9 Å². The Balaban J connectivity index is 0.000000561. The number of rotatable bonds is 2. The van der Waals surface area contributed by atoms with E-state index in [1.54, 1.807) is 0 Å². The minimum Gasteiger partial charge on any atom is -0.293 e. The smallest absolute Gasteiger partial charge is 0.173 e. The summed E-state index contributed by atoms with van der Waals surface area (Å²) in [5.74, 6) is 0.126. The van der Waals surface area contributed by atoms with Crippen molar-refractivity contribution >= 4 is 21.7 Å². The number of carbonyl (C=O) groups is 1. The van der Waals surface area contributed by atoms with Crippen molar-refractivity contribution in [1.82, 2.24) is 0 Å². The summed E-state index contributed by atoms with van der Waals surface area (Å²) >= 11 is 3.10. The van der Waals surface area contributed by atoms with Gasteiger partial charge in [-0.1, -0.05) is 60.1 Å². The van der Waals surface area contributed by atoms with E-state index in [-0.39, 0.29) is 5.78 Å². The molecule has 0 saturated heterocycles. The average molecular weight is 229 g/mol. The molecule has 0 saturated carbocycles. The van der Waals surface area contributed by atoms with Gasteiger partial charge in [0.2, 0.25) is 0 Å². The third-order valence-corrected chi connectivity index (χ3v) is 1.73. The summed E-state index contributed by atoms with van der Waals surface area (Å²) in [7, 11) is 0. The third-order valence-electron chi connectivity index (χ3n) is 1.22. The van der Waals surface area contributed by atoms with E-state index in [4.69, 9.17) is 0 Å². The lowest BCUT2D eigenvalue weighted by molar-refractivity contribution is 0.102. The summed E-state index contributed by atoms with van der Waals surface area (Å²) < 4.78 is 0. The Kier molecular flexibility index (Phi) is 6.67. The molecule has 0 bridgehead atoms. The van der Waals surface area contributed by atoms with Crippen LogP contribution in [0.3, 0.4) is 0 Å². The molecule has 0 atom stereocenters. The highest BCUT2D eigenvalue weighted by atomic mass is 79.9. The summed E-state index contributed by atoms with van der Waals surface area (Å²) in [6.07, 6.45) is 0. The van der Waals surface area contributed by atoms with Gasteiger partial charge in [-0.25, -0.2) is 0 Å². The zero-order valence-corrected chi connectivity index (χ0v) is 8.97. The van der Waals surface area contributed by atoms with Gasteiger partial charge < -0.3 is 0 Å². The van der Waals surface area contributed by atoms with Gasteiger partial charge in [0, 0.05) is 5.56 Å². The second-order valence-corrected chi connectivity index (χ2v) is 2.48. The molecule has 0 spiro atoms. The molecular formula is C10H13BrO. The van der Waals surface area contributed by atoms with Crippen LogP contribution < -0.4 is 0 Å². The second-order valence-electron chi connectivity index (χ2n) is 1.92. The molecule has 0 heterocycles. The molecular weight excluding hydrogens is 216 g/mol. The van der Waals surface area contributed by atoms with Gasteiger partial charge in [-0.3, -0.25) is 4.79 Å². The zero-order valence-electron chi connectivity index (χ0n) is 7.38. The summed E-state index contributed by atoms with van der Waals surface area (Å²) in [6.45, 7) is 4.00. The first-order valence-corrected chi connectivity index (χ1v) is 5.11. The topological polar surface area (TPSA) is 17.1 Å². The number of ketones is 1. The zero-order chi connectivity index (χ0) is 9.40. The quantitative estimate of drug-likeness (QED) is 0.561. The van der Waals surface area contributed by atoms with Crippen molar-refractivity contribution in [2.75, 3.05) is 5.33 Å². The van der Waals surface area contributed by atoms with Crippen molar-refractivity contribution < 1.29 is 4.79 Å². The molecule has 0 radical (unpaired) electrons. The van der Waals surface area contributed by atoms with Gasteiger partial charge in [0.05, 0.1) is 5.33 Å². The van der Waals surface area contributed by atoms with Crippen LogP contribution in [-0.4, -0.2) is 11.1 Å². The lowest BCUT2D eigenvalue weighted by atomic mass is 10.2. The molecule has 0 amide bonds. The van der Waals surface area contributed by atoms with Gasteiger partial charge in [0.1, 0.15) is 0 Å². The minimum atomic E-state index is 0.126. The fourth-order valence-electron chi connectivity index (χ4n) is 0.701. The Morgan fingerprint density at radius 1 is 1.25 bits per heavy atom. The van der Waals surface area contributed by atoms with E-state index in [0.29, 0.717) is 5.33 Å². The number of alkyl halides is 1. The van der Waals surface area contributed by atoms with Crippen molar-refractivity contribution in [2.45, 2.75) is 13.8 Å². The van der Waals surface area contributed by atoms with Crippen LogP contribution in [0.2, 0.25) is 0 Å². The molecule has 12 heavy (non-hydrogen) atoms. The first-order valence-electron chi connectivity index (χ1n) is 3.99. The molecule has 2 heteroatoms. The van der Waals surface area contributed by atoms with E-state index < -0.39 is 0 Å². The van der Waals surface area contributed by atoms with Gasteiger partial charge in [-0.05, 0) is 0 Å². The largest absolute Gasteiger partial charge is 0.293 e. The van der Waals surface area contributed by atoms with Crippen molar-refractivity contribution in [1.29, 1.82) is 0 Å². The van der Waals surface area contributed by atoms with E-state index in [1.165, 1.54) is 0 Å². The van der Waals surface area contributed by atoms with Crippen molar-refractivity contribution in [3.8, 4) is 0 Å². The molecule has 1 rings (SSSR count). The van der Waals surface area contributed by atoms with Crippen LogP contribution in [0, 0.1) is 0 Å². The van der Waals surface area contributed by atoms with Gasteiger partial charge in [-0.15, -0.1) is 0 Å². The maximum absolute atomic E-state index is 11.0. The SMILES string of the molecule is CC.O=C(CBr)c1ccccc1. The monoisotopic (exact) mass is 228 g/mol. The predicted molar refractivity (Wildman–Crippen MR) is 55.9 cm³/mol. The van der Waals surface area contributed by atoms with Gasteiger partial charge in [-0.2, -0.15) is 0 Å². The minimum absolute atomic E-state index is 0.126. The number of hydrogen-bond acceptors (Lipinski definition) is 1. The predicted octanol–water partition coefficient (Wildman–Crippen LogP) is 3.29. The first-order chi connectivity index (χ1) is 5.84. The molecule has 1 aromatic rings. The van der Waals surface area contributed by atoms with Crippen LogP contribution >= 0.6 is 15.9 Å². The molecule has 1 nitrogen and oxygen atoms in total. The van der Waals surface area contributed by atoms with E-state index in [1.807, 2.05) is 44.2 Å². The first kappa shape index (κ1) is 11.4. The molecule has 0 unspecified atom stereocenters. The maximum atomic E-state index is 11.0. The van der Waals surface area contributed by atoms with Crippen molar-refractivity contribution in [2.24, 2.45) is 0 Å². The van der Waals surface area contributed by atoms with E-state index in [2.05, 4.69) is 15.9 Å². The van der Waals surface area contributed by atoms with Gasteiger partial charge >= 0.3 is 0 Å². The summed E-state index contributed by atoms with van der Waals surface area (Å²) in [4.78, 5) is 11.0. The highest BCUT2D eigenvalue weighted by molar-refractivity contribution is 9.09. The van der Waals surface area contributed by atoms with E-state index in [9.17, 15) is 4.79 Å². The molecule has 0 fully saturated rings. The normalized spacial score (nSPS) is 8.25. The van der Waals surface area contributed by atoms with Crippen LogP contribution in [0.1, 0.15) is 24.2 Å². The Bertz CT molecular complexity index is 219. The Morgan fingerprint density at radius 3 is 2.17 bits per heavy atom. The highest BCUT2D eigenvalue weighted by Gasteiger charge is 1.99. The Morgan fingerprint density at radius 2 is 1.75 bits per heavy atom.